The van der Waals surface area contributed by atoms with Crippen molar-refractivity contribution in [2.45, 2.75) is 39.3 Å². The van der Waals surface area contributed by atoms with Crippen molar-refractivity contribution in [2.75, 3.05) is 13.1 Å². The predicted octanol–water partition coefficient (Wildman–Crippen LogP) is 3.75. The molecule has 1 rings (SSSR count). The first kappa shape index (κ1) is 17.8. The van der Waals surface area contributed by atoms with Crippen molar-refractivity contribution in [3.63, 3.8) is 0 Å². The van der Waals surface area contributed by atoms with E-state index in [9.17, 15) is 13.9 Å². The van der Waals surface area contributed by atoms with Crippen LogP contribution in [-0.4, -0.2) is 28.7 Å². The Morgan fingerprint density at radius 3 is 2.57 bits per heavy atom. The van der Waals surface area contributed by atoms with Gasteiger partial charge in [0.25, 0.3) is 0 Å². The number of hydrogen-bond acceptors (Lipinski definition) is 2. The molecule has 0 aliphatic rings. The molecule has 118 valence electrons. The molecule has 0 aliphatic carbocycles. The SMILES string of the molecule is C=CC(C)(O)CN(CCC(C)C)Cc1ccc(F)cc1F. The van der Waals surface area contributed by atoms with Crippen LogP contribution in [0.1, 0.15) is 32.8 Å². The molecule has 0 fully saturated rings. The summed E-state index contributed by atoms with van der Waals surface area (Å²) in [5.74, 6) is -0.620. The molecule has 4 heteroatoms. The van der Waals surface area contributed by atoms with Crippen molar-refractivity contribution in [1.82, 2.24) is 4.90 Å². The van der Waals surface area contributed by atoms with E-state index in [1.165, 1.54) is 18.2 Å². The number of halogens is 2. The monoisotopic (exact) mass is 297 g/mol. The fourth-order valence-electron chi connectivity index (χ4n) is 2.06. The van der Waals surface area contributed by atoms with Crippen molar-refractivity contribution in [3.05, 3.63) is 48.1 Å². The molecule has 1 atom stereocenters. The van der Waals surface area contributed by atoms with Crippen LogP contribution < -0.4 is 0 Å². The van der Waals surface area contributed by atoms with Crippen LogP contribution in [0.4, 0.5) is 8.78 Å². The van der Waals surface area contributed by atoms with Gasteiger partial charge in [0, 0.05) is 24.7 Å². The zero-order valence-electron chi connectivity index (χ0n) is 13.1. The second kappa shape index (κ2) is 7.66. The highest BCUT2D eigenvalue weighted by molar-refractivity contribution is 5.18. The topological polar surface area (TPSA) is 23.5 Å². The van der Waals surface area contributed by atoms with E-state index in [4.69, 9.17) is 0 Å². The van der Waals surface area contributed by atoms with E-state index in [0.717, 1.165) is 19.0 Å². The Bertz CT molecular complexity index is 472. The third-order valence-corrected chi connectivity index (χ3v) is 3.42. The van der Waals surface area contributed by atoms with Crippen molar-refractivity contribution < 1.29 is 13.9 Å². The summed E-state index contributed by atoms with van der Waals surface area (Å²) in [6.07, 6.45) is 2.42. The molecule has 0 bridgehead atoms. The van der Waals surface area contributed by atoms with Gasteiger partial charge in [-0.15, -0.1) is 6.58 Å². The van der Waals surface area contributed by atoms with Gasteiger partial charge in [0.15, 0.2) is 0 Å². The van der Waals surface area contributed by atoms with Gasteiger partial charge in [0.2, 0.25) is 0 Å². The van der Waals surface area contributed by atoms with E-state index in [-0.39, 0.29) is 0 Å². The molecule has 0 aliphatic heterocycles. The van der Waals surface area contributed by atoms with Crippen LogP contribution >= 0.6 is 0 Å². The maximum atomic E-state index is 13.8. The van der Waals surface area contributed by atoms with Crippen molar-refractivity contribution in [1.29, 1.82) is 0 Å². The van der Waals surface area contributed by atoms with Crippen LogP contribution in [0.5, 0.6) is 0 Å². The minimum Gasteiger partial charge on any atom is -0.385 e. The fraction of sp³-hybridized carbons (Fsp3) is 0.529. The maximum absolute atomic E-state index is 13.8. The summed E-state index contributed by atoms with van der Waals surface area (Å²) in [6.45, 7) is 10.9. The van der Waals surface area contributed by atoms with E-state index in [1.807, 2.05) is 4.90 Å². The van der Waals surface area contributed by atoms with Gasteiger partial charge in [-0.05, 0) is 31.9 Å². The molecule has 0 amide bonds. The molecule has 21 heavy (non-hydrogen) atoms. The second-order valence-electron chi connectivity index (χ2n) is 6.19. The predicted molar refractivity (Wildman–Crippen MR) is 81.9 cm³/mol. The molecule has 1 aromatic carbocycles. The molecular weight excluding hydrogens is 272 g/mol. The summed E-state index contributed by atoms with van der Waals surface area (Å²) in [7, 11) is 0. The average Bonchev–Trinajstić information content (AvgIpc) is 2.39. The van der Waals surface area contributed by atoms with Crippen molar-refractivity contribution >= 4 is 0 Å². The van der Waals surface area contributed by atoms with Gasteiger partial charge < -0.3 is 5.11 Å². The second-order valence-corrected chi connectivity index (χ2v) is 6.19. The van der Waals surface area contributed by atoms with E-state index in [1.54, 1.807) is 6.92 Å². The van der Waals surface area contributed by atoms with Crippen LogP contribution in [0.3, 0.4) is 0 Å². The number of nitrogens with zero attached hydrogens (tertiary/aromatic N) is 1. The van der Waals surface area contributed by atoms with Gasteiger partial charge in [-0.1, -0.05) is 26.0 Å². The highest BCUT2D eigenvalue weighted by Crippen LogP contribution is 2.16. The first-order valence-electron chi connectivity index (χ1n) is 7.26. The van der Waals surface area contributed by atoms with Gasteiger partial charge in [-0.2, -0.15) is 0 Å². The van der Waals surface area contributed by atoms with Crippen LogP contribution in [0, 0.1) is 17.6 Å². The highest BCUT2D eigenvalue weighted by atomic mass is 19.1. The lowest BCUT2D eigenvalue weighted by molar-refractivity contribution is 0.0564. The average molecular weight is 297 g/mol. The van der Waals surface area contributed by atoms with Crippen molar-refractivity contribution in [2.24, 2.45) is 5.92 Å². The van der Waals surface area contributed by atoms with Gasteiger partial charge in [-0.25, -0.2) is 8.78 Å². The summed E-state index contributed by atoms with van der Waals surface area (Å²) < 4.78 is 26.7. The normalized spacial score (nSPS) is 14.5. The first-order valence-corrected chi connectivity index (χ1v) is 7.26. The molecule has 0 radical (unpaired) electrons. The fourth-order valence-corrected chi connectivity index (χ4v) is 2.06. The van der Waals surface area contributed by atoms with Crippen LogP contribution in [0.25, 0.3) is 0 Å². The maximum Gasteiger partial charge on any atom is 0.130 e. The third-order valence-electron chi connectivity index (χ3n) is 3.42. The Morgan fingerprint density at radius 1 is 1.38 bits per heavy atom. The minimum absolute atomic E-state index is 0.336. The minimum atomic E-state index is -1.03. The zero-order chi connectivity index (χ0) is 16.0. The molecule has 0 spiro atoms. The number of benzene rings is 1. The van der Waals surface area contributed by atoms with E-state index >= 15 is 0 Å². The lowest BCUT2D eigenvalue weighted by atomic mass is 10.0. The molecule has 0 heterocycles. The van der Waals surface area contributed by atoms with Crippen molar-refractivity contribution in [3.8, 4) is 0 Å². The van der Waals surface area contributed by atoms with Gasteiger partial charge >= 0.3 is 0 Å². The highest BCUT2D eigenvalue weighted by Gasteiger charge is 2.21. The third kappa shape index (κ3) is 6.36. The Morgan fingerprint density at radius 2 is 2.05 bits per heavy atom. The quantitative estimate of drug-likeness (QED) is 0.739. The number of hydrogen-bond donors (Lipinski definition) is 1. The summed E-state index contributed by atoms with van der Waals surface area (Å²) in [6, 6.07) is 3.60. The van der Waals surface area contributed by atoms with Gasteiger partial charge in [0.05, 0.1) is 5.60 Å². The number of aliphatic hydroxyl groups is 1. The van der Waals surface area contributed by atoms with Gasteiger partial charge in [-0.3, -0.25) is 4.90 Å². The summed E-state index contributed by atoms with van der Waals surface area (Å²) in [5, 5.41) is 10.1. The Kier molecular flexibility index (Phi) is 6.49. The van der Waals surface area contributed by atoms with E-state index < -0.39 is 17.2 Å². The molecule has 1 unspecified atom stereocenters. The largest absolute Gasteiger partial charge is 0.385 e. The Labute approximate surface area is 126 Å². The molecule has 2 nitrogen and oxygen atoms in total. The molecular formula is C17H25F2NO. The molecule has 1 aromatic rings. The molecule has 1 N–H and O–H groups in total. The molecule has 0 aromatic heterocycles. The van der Waals surface area contributed by atoms with Crippen LogP contribution in [-0.2, 0) is 6.54 Å². The standard InChI is InChI=1S/C17H25F2NO/c1-5-17(4,21)12-20(9-8-13(2)3)11-14-6-7-15(18)10-16(14)19/h5-7,10,13,21H,1,8-9,11-12H2,2-4H3. The van der Waals surface area contributed by atoms with E-state index in [0.29, 0.717) is 24.6 Å². The Hall–Kier alpha value is -1.26. The summed E-state index contributed by atoms with van der Waals surface area (Å²) in [4.78, 5) is 1.97. The first-order chi connectivity index (χ1) is 9.73. The molecule has 0 saturated carbocycles. The lowest BCUT2D eigenvalue weighted by Gasteiger charge is -2.30. The lowest BCUT2D eigenvalue weighted by Crippen LogP contribution is -2.40. The van der Waals surface area contributed by atoms with Crippen LogP contribution in [0.15, 0.2) is 30.9 Å². The van der Waals surface area contributed by atoms with Crippen LogP contribution in [0.2, 0.25) is 0 Å². The van der Waals surface area contributed by atoms with E-state index in [2.05, 4.69) is 20.4 Å². The smallest absolute Gasteiger partial charge is 0.130 e. The molecule has 0 saturated heterocycles. The zero-order valence-corrected chi connectivity index (χ0v) is 13.1. The number of rotatable bonds is 8. The Balaban J connectivity index is 2.82. The summed E-state index contributed by atoms with van der Waals surface area (Å²) in [5.41, 5.74) is -0.604. The summed E-state index contributed by atoms with van der Waals surface area (Å²) >= 11 is 0. The van der Waals surface area contributed by atoms with Gasteiger partial charge in [0.1, 0.15) is 11.6 Å².